The van der Waals surface area contributed by atoms with Gasteiger partial charge in [0.05, 0.1) is 5.57 Å². The molecule has 3 heteroatoms. The standard InChI is InChI=1S/C11H11BrO2/c1-8(10(7-12)11(13)14)9-5-3-2-4-6-9/h2-6H,7H2,1H3,(H,13,14)/b10-8+. The maximum atomic E-state index is 10.9. The van der Waals surface area contributed by atoms with Gasteiger partial charge in [0.2, 0.25) is 0 Å². The molecule has 1 aromatic rings. The molecule has 2 nitrogen and oxygen atoms in total. The van der Waals surface area contributed by atoms with Crippen LogP contribution in [0.1, 0.15) is 12.5 Å². The molecule has 1 N–H and O–H groups in total. The summed E-state index contributed by atoms with van der Waals surface area (Å²) in [5, 5.41) is 9.28. The number of carbonyl (C=O) groups is 1. The Labute approximate surface area is 91.4 Å². The van der Waals surface area contributed by atoms with Crippen LogP contribution in [0.5, 0.6) is 0 Å². The number of aliphatic carboxylic acids is 1. The van der Waals surface area contributed by atoms with Gasteiger partial charge in [-0.15, -0.1) is 0 Å². The number of hydrogen-bond acceptors (Lipinski definition) is 1. The molecule has 0 amide bonds. The van der Waals surface area contributed by atoms with Gasteiger partial charge in [-0.1, -0.05) is 46.3 Å². The van der Waals surface area contributed by atoms with Gasteiger partial charge in [-0.3, -0.25) is 0 Å². The van der Waals surface area contributed by atoms with Gasteiger partial charge < -0.3 is 5.11 Å². The number of benzene rings is 1. The Balaban J connectivity index is 3.15. The molecule has 0 aliphatic heterocycles. The van der Waals surface area contributed by atoms with E-state index in [9.17, 15) is 4.79 Å². The highest BCUT2D eigenvalue weighted by atomic mass is 79.9. The van der Waals surface area contributed by atoms with Crippen molar-refractivity contribution in [2.75, 3.05) is 5.33 Å². The Morgan fingerprint density at radius 2 is 1.93 bits per heavy atom. The highest BCUT2D eigenvalue weighted by Crippen LogP contribution is 2.19. The number of halogens is 1. The lowest BCUT2D eigenvalue weighted by Crippen LogP contribution is -2.04. The lowest BCUT2D eigenvalue weighted by atomic mass is 10.0. The molecule has 14 heavy (non-hydrogen) atoms. The van der Waals surface area contributed by atoms with Gasteiger partial charge in [0, 0.05) is 5.33 Å². The molecule has 0 atom stereocenters. The minimum Gasteiger partial charge on any atom is -0.478 e. The van der Waals surface area contributed by atoms with E-state index >= 15 is 0 Å². The van der Waals surface area contributed by atoms with Crippen LogP contribution in [0, 0.1) is 0 Å². The summed E-state index contributed by atoms with van der Waals surface area (Å²) in [5.41, 5.74) is 2.15. The van der Waals surface area contributed by atoms with Crippen LogP contribution in [0.3, 0.4) is 0 Å². The van der Waals surface area contributed by atoms with E-state index in [-0.39, 0.29) is 0 Å². The second-order valence-corrected chi connectivity index (χ2v) is 3.47. The second kappa shape index (κ2) is 4.96. The number of alkyl halides is 1. The van der Waals surface area contributed by atoms with Crippen LogP contribution < -0.4 is 0 Å². The van der Waals surface area contributed by atoms with Crippen LogP contribution in [0.4, 0.5) is 0 Å². The molecule has 0 heterocycles. The van der Waals surface area contributed by atoms with Crippen molar-refractivity contribution in [2.24, 2.45) is 0 Å². The van der Waals surface area contributed by atoms with E-state index in [0.717, 1.165) is 11.1 Å². The van der Waals surface area contributed by atoms with E-state index < -0.39 is 5.97 Å². The summed E-state index contributed by atoms with van der Waals surface area (Å²) in [6, 6.07) is 9.51. The Hall–Kier alpha value is -1.09. The summed E-state index contributed by atoms with van der Waals surface area (Å²) in [6.07, 6.45) is 0. The molecule has 1 rings (SSSR count). The van der Waals surface area contributed by atoms with Crippen LogP contribution in [-0.4, -0.2) is 16.4 Å². The smallest absolute Gasteiger partial charge is 0.332 e. The van der Waals surface area contributed by atoms with Crippen molar-refractivity contribution in [3.05, 3.63) is 41.5 Å². The molecular weight excluding hydrogens is 244 g/mol. The average Bonchev–Trinajstić information content (AvgIpc) is 2.19. The number of rotatable bonds is 3. The second-order valence-electron chi connectivity index (χ2n) is 2.91. The summed E-state index contributed by atoms with van der Waals surface area (Å²) < 4.78 is 0. The Bertz CT molecular complexity index is 355. The molecule has 74 valence electrons. The number of carboxylic acid groups (broad SMARTS) is 1. The van der Waals surface area contributed by atoms with E-state index in [1.807, 2.05) is 37.3 Å². The predicted molar refractivity (Wildman–Crippen MR) is 60.5 cm³/mol. The van der Waals surface area contributed by atoms with Crippen LogP contribution in [0.2, 0.25) is 0 Å². The summed E-state index contributed by atoms with van der Waals surface area (Å²) >= 11 is 3.18. The van der Waals surface area contributed by atoms with Crippen molar-refractivity contribution >= 4 is 27.5 Å². The summed E-state index contributed by atoms with van der Waals surface area (Å²) in [6.45, 7) is 1.82. The quantitative estimate of drug-likeness (QED) is 0.666. The van der Waals surface area contributed by atoms with Crippen molar-refractivity contribution in [3.8, 4) is 0 Å². The zero-order valence-electron chi connectivity index (χ0n) is 7.83. The maximum absolute atomic E-state index is 10.9. The molecule has 0 unspecified atom stereocenters. The molecule has 0 fully saturated rings. The first-order valence-corrected chi connectivity index (χ1v) is 5.33. The monoisotopic (exact) mass is 254 g/mol. The molecule has 0 saturated carbocycles. The third-order valence-electron chi connectivity index (χ3n) is 2.05. The fraction of sp³-hybridized carbons (Fsp3) is 0.182. The average molecular weight is 255 g/mol. The van der Waals surface area contributed by atoms with Crippen molar-refractivity contribution in [1.82, 2.24) is 0 Å². The van der Waals surface area contributed by atoms with Gasteiger partial charge in [0.15, 0.2) is 0 Å². The van der Waals surface area contributed by atoms with Gasteiger partial charge in [-0.05, 0) is 18.1 Å². The first-order chi connectivity index (χ1) is 6.66. The van der Waals surface area contributed by atoms with Gasteiger partial charge in [0.25, 0.3) is 0 Å². The number of hydrogen-bond donors (Lipinski definition) is 1. The van der Waals surface area contributed by atoms with E-state index in [1.54, 1.807) is 0 Å². The first kappa shape index (κ1) is 11.0. The van der Waals surface area contributed by atoms with Crippen LogP contribution in [0.15, 0.2) is 35.9 Å². The predicted octanol–water partition coefficient (Wildman–Crippen LogP) is 2.94. The van der Waals surface area contributed by atoms with Crippen molar-refractivity contribution in [3.63, 3.8) is 0 Å². The topological polar surface area (TPSA) is 37.3 Å². The minimum absolute atomic E-state index is 0.364. The normalized spacial score (nSPS) is 12.1. The van der Waals surface area contributed by atoms with Gasteiger partial charge in [-0.25, -0.2) is 4.79 Å². The zero-order chi connectivity index (χ0) is 10.6. The molecule has 0 aliphatic rings. The minimum atomic E-state index is -0.872. The molecule has 0 bridgehead atoms. The zero-order valence-corrected chi connectivity index (χ0v) is 9.41. The number of carboxylic acids is 1. The Morgan fingerprint density at radius 3 is 2.36 bits per heavy atom. The van der Waals surface area contributed by atoms with E-state index in [4.69, 9.17) is 5.11 Å². The van der Waals surface area contributed by atoms with Crippen molar-refractivity contribution in [2.45, 2.75) is 6.92 Å². The Kier molecular flexibility index (Phi) is 3.89. The van der Waals surface area contributed by atoms with Gasteiger partial charge in [-0.2, -0.15) is 0 Å². The maximum Gasteiger partial charge on any atom is 0.332 e. The number of allylic oxidation sites excluding steroid dienone is 1. The van der Waals surface area contributed by atoms with Crippen molar-refractivity contribution in [1.29, 1.82) is 0 Å². The molecular formula is C11H11BrO2. The lowest BCUT2D eigenvalue weighted by molar-refractivity contribution is -0.132. The molecule has 0 aromatic heterocycles. The third kappa shape index (κ3) is 2.45. The highest BCUT2D eigenvalue weighted by molar-refractivity contribution is 9.09. The molecule has 0 saturated heterocycles. The molecule has 0 aliphatic carbocycles. The lowest BCUT2D eigenvalue weighted by Gasteiger charge is -2.05. The van der Waals surface area contributed by atoms with E-state index in [0.29, 0.717) is 10.9 Å². The third-order valence-corrected chi connectivity index (χ3v) is 2.61. The van der Waals surface area contributed by atoms with E-state index in [1.165, 1.54) is 0 Å². The fourth-order valence-corrected chi connectivity index (χ4v) is 1.84. The largest absolute Gasteiger partial charge is 0.478 e. The highest BCUT2D eigenvalue weighted by Gasteiger charge is 2.10. The molecule has 0 spiro atoms. The molecule has 1 aromatic carbocycles. The summed E-state index contributed by atoms with van der Waals surface area (Å²) in [5.74, 6) is -0.872. The van der Waals surface area contributed by atoms with Crippen molar-refractivity contribution < 1.29 is 9.90 Å². The van der Waals surface area contributed by atoms with E-state index in [2.05, 4.69) is 15.9 Å². The van der Waals surface area contributed by atoms with Crippen LogP contribution in [-0.2, 0) is 4.79 Å². The fourth-order valence-electron chi connectivity index (χ4n) is 1.18. The summed E-state index contributed by atoms with van der Waals surface area (Å²) in [7, 11) is 0. The van der Waals surface area contributed by atoms with Gasteiger partial charge in [0.1, 0.15) is 0 Å². The van der Waals surface area contributed by atoms with Crippen LogP contribution in [0.25, 0.3) is 5.57 Å². The van der Waals surface area contributed by atoms with Gasteiger partial charge >= 0.3 is 5.97 Å². The first-order valence-electron chi connectivity index (χ1n) is 4.21. The summed E-state index contributed by atoms with van der Waals surface area (Å²) in [4.78, 5) is 10.9. The van der Waals surface area contributed by atoms with Crippen LogP contribution >= 0.6 is 15.9 Å². The SMILES string of the molecule is C/C(=C(/CBr)C(=O)O)c1ccccc1. The molecule has 0 radical (unpaired) electrons. The Morgan fingerprint density at radius 1 is 1.36 bits per heavy atom.